The van der Waals surface area contributed by atoms with Crippen LogP contribution in [0.1, 0.15) is 43.4 Å². The normalized spacial score (nSPS) is 20.2. The molecule has 4 rings (SSSR count). The maximum Gasteiger partial charge on any atom is 0.295 e. The molecule has 2 saturated heterocycles. The third-order valence-corrected chi connectivity index (χ3v) is 8.67. The minimum Gasteiger partial charge on any atom is -0.507 e. The molecule has 0 saturated carbocycles. The number of aliphatic hydroxyl groups is 1. The average molecular weight is 545 g/mol. The molecule has 38 heavy (non-hydrogen) atoms. The molecule has 2 N–H and O–H groups in total. The summed E-state index contributed by atoms with van der Waals surface area (Å²) in [7, 11) is -2.20. The number of likely N-dealkylation sites (tertiary alicyclic amines) is 1. The topological polar surface area (TPSA) is 134 Å². The molecular weight excluding hydrogens is 512 g/mol. The standard InChI is InChI=1S/C27H32N2O8S/c1-3-37-22-17-19(9-12-21(22)30)24-23(26(32)27(33)29(24)15-16-36-2)25(31)18-7-10-20(11-8-18)38(34,35)28-13-5-4-6-14-28/h7-12,17,24,30-31H,3-6,13-16H2,1-2H3/t24-/m1/s1. The van der Waals surface area contributed by atoms with Gasteiger partial charge < -0.3 is 24.6 Å². The van der Waals surface area contributed by atoms with Crippen molar-refractivity contribution >= 4 is 27.5 Å². The number of carbonyl (C=O) groups is 2. The lowest BCUT2D eigenvalue weighted by Crippen LogP contribution is -2.35. The zero-order valence-corrected chi connectivity index (χ0v) is 22.2. The number of piperidine rings is 1. The van der Waals surface area contributed by atoms with Crippen LogP contribution in [0.3, 0.4) is 0 Å². The second-order valence-electron chi connectivity index (χ2n) is 9.13. The van der Waals surface area contributed by atoms with E-state index in [9.17, 15) is 28.2 Å². The van der Waals surface area contributed by atoms with Crippen molar-refractivity contribution in [2.75, 3.05) is 40.0 Å². The van der Waals surface area contributed by atoms with E-state index in [1.165, 1.54) is 52.7 Å². The van der Waals surface area contributed by atoms with Gasteiger partial charge in [0.05, 0.1) is 29.7 Å². The Hall–Kier alpha value is -3.41. The van der Waals surface area contributed by atoms with Crippen molar-refractivity contribution in [3.63, 3.8) is 0 Å². The monoisotopic (exact) mass is 544 g/mol. The number of nitrogens with zero attached hydrogens (tertiary/aromatic N) is 2. The Kier molecular flexibility index (Phi) is 8.39. The summed E-state index contributed by atoms with van der Waals surface area (Å²) in [5, 5.41) is 21.4. The van der Waals surface area contributed by atoms with Crippen LogP contribution in [0.25, 0.3) is 5.76 Å². The zero-order chi connectivity index (χ0) is 27.4. The first-order valence-electron chi connectivity index (χ1n) is 12.5. The number of carbonyl (C=O) groups excluding carboxylic acids is 2. The van der Waals surface area contributed by atoms with Crippen LogP contribution < -0.4 is 4.74 Å². The minimum absolute atomic E-state index is 0.0837. The van der Waals surface area contributed by atoms with E-state index in [1.807, 2.05) is 0 Å². The second-order valence-corrected chi connectivity index (χ2v) is 11.1. The number of hydrogen-bond donors (Lipinski definition) is 2. The van der Waals surface area contributed by atoms with Crippen LogP contribution in [0.5, 0.6) is 11.5 Å². The molecule has 2 aromatic carbocycles. The fourth-order valence-corrected chi connectivity index (χ4v) is 6.33. The second kappa shape index (κ2) is 11.5. The molecule has 2 fully saturated rings. The molecule has 2 aliphatic heterocycles. The third kappa shape index (κ3) is 5.27. The molecule has 2 aromatic rings. The Morgan fingerprint density at radius 3 is 2.37 bits per heavy atom. The summed E-state index contributed by atoms with van der Waals surface area (Å²) >= 11 is 0. The molecule has 0 spiro atoms. The highest BCUT2D eigenvalue weighted by atomic mass is 32.2. The number of phenols is 1. The van der Waals surface area contributed by atoms with Gasteiger partial charge in [0.25, 0.3) is 11.7 Å². The van der Waals surface area contributed by atoms with Crippen molar-refractivity contribution in [1.82, 2.24) is 9.21 Å². The molecule has 10 nitrogen and oxygen atoms in total. The van der Waals surface area contributed by atoms with E-state index < -0.39 is 33.5 Å². The predicted octanol–water partition coefficient (Wildman–Crippen LogP) is 3.03. The smallest absolute Gasteiger partial charge is 0.295 e. The van der Waals surface area contributed by atoms with Gasteiger partial charge in [-0.25, -0.2) is 8.42 Å². The molecule has 0 aromatic heterocycles. The number of phenolic OH excluding ortho intramolecular Hbond substituents is 1. The van der Waals surface area contributed by atoms with Gasteiger partial charge in [0.1, 0.15) is 5.76 Å². The molecular formula is C27H32N2O8S. The molecule has 0 aliphatic carbocycles. The van der Waals surface area contributed by atoms with Gasteiger partial charge in [-0.3, -0.25) is 9.59 Å². The maximum atomic E-state index is 13.2. The Balaban J connectivity index is 1.76. The first-order valence-corrected chi connectivity index (χ1v) is 14.0. The van der Waals surface area contributed by atoms with Gasteiger partial charge in [0.15, 0.2) is 11.5 Å². The Labute approximate surface area is 222 Å². The van der Waals surface area contributed by atoms with Crippen molar-refractivity contribution < 1.29 is 37.7 Å². The van der Waals surface area contributed by atoms with Gasteiger partial charge in [-0.1, -0.05) is 12.5 Å². The molecule has 1 atom stereocenters. The molecule has 2 heterocycles. The van der Waals surface area contributed by atoms with Crippen LogP contribution >= 0.6 is 0 Å². The lowest BCUT2D eigenvalue weighted by Gasteiger charge is -2.26. The number of rotatable bonds is 9. The maximum absolute atomic E-state index is 13.2. The van der Waals surface area contributed by atoms with Gasteiger partial charge in [0.2, 0.25) is 10.0 Å². The molecule has 0 radical (unpaired) electrons. The number of methoxy groups -OCH3 is 1. The Morgan fingerprint density at radius 2 is 1.74 bits per heavy atom. The Morgan fingerprint density at radius 1 is 1.05 bits per heavy atom. The van der Waals surface area contributed by atoms with Crippen molar-refractivity contribution in [2.24, 2.45) is 0 Å². The molecule has 204 valence electrons. The number of ketones is 1. The first-order chi connectivity index (χ1) is 18.2. The lowest BCUT2D eigenvalue weighted by atomic mass is 9.95. The number of aliphatic hydroxyl groups excluding tert-OH is 1. The molecule has 0 unspecified atom stereocenters. The van der Waals surface area contributed by atoms with Crippen molar-refractivity contribution in [3.8, 4) is 11.5 Å². The van der Waals surface area contributed by atoms with E-state index in [0.29, 0.717) is 18.7 Å². The van der Waals surface area contributed by atoms with Crippen molar-refractivity contribution in [1.29, 1.82) is 0 Å². The van der Waals surface area contributed by atoms with Crippen LogP contribution in [0, 0.1) is 0 Å². The van der Waals surface area contributed by atoms with E-state index in [4.69, 9.17) is 9.47 Å². The van der Waals surface area contributed by atoms with Crippen LogP contribution in [0.15, 0.2) is 52.9 Å². The largest absolute Gasteiger partial charge is 0.507 e. The van der Waals surface area contributed by atoms with E-state index in [-0.39, 0.29) is 47.3 Å². The number of aromatic hydroxyl groups is 1. The Bertz CT molecular complexity index is 1330. The van der Waals surface area contributed by atoms with Crippen LogP contribution in [0.2, 0.25) is 0 Å². The highest BCUT2D eigenvalue weighted by Gasteiger charge is 2.46. The minimum atomic E-state index is -3.68. The number of hydrogen-bond acceptors (Lipinski definition) is 8. The number of ether oxygens (including phenoxy) is 2. The summed E-state index contributed by atoms with van der Waals surface area (Å²) < 4.78 is 38.1. The van der Waals surface area contributed by atoms with Gasteiger partial charge >= 0.3 is 0 Å². The fraction of sp³-hybridized carbons (Fsp3) is 0.407. The van der Waals surface area contributed by atoms with Crippen LogP contribution in [-0.4, -0.2) is 79.5 Å². The van der Waals surface area contributed by atoms with Crippen LogP contribution in [0.4, 0.5) is 0 Å². The van der Waals surface area contributed by atoms with E-state index in [2.05, 4.69) is 0 Å². The summed E-state index contributed by atoms with van der Waals surface area (Å²) in [4.78, 5) is 27.5. The third-order valence-electron chi connectivity index (χ3n) is 6.76. The van der Waals surface area contributed by atoms with Gasteiger partial charge in [-0.2, -0.15) is 4.31 Å². The number of Topliss-reactive ketones (excluding diaryl/α,β-unsaturated/α-hetero) is 1. The summed E-state index contributed by atoms with van der Waals surface area (Å²) in [5.74, 6) is -2.03. The number of amides is 1. The van der Waals surface area contributed by atoms with Gasteiger partial charge in [-0.05, 0) is 61.7 Å². The summed E-state index contributed by atoms with van der Waals surface area (Å²) in [5.41, 5.74) is 0.499. The average Bonchev–Trinajstić information content (AvgIpc) is 3.18. The molecule has 0 bridgehead atoms. The number of benzene rings is 2. The predicted molar refractivity (Wildman–Crippen MR) is 139 cm³/mol. The first kappa shape index (κ1) is 27.6. The quantitative estimate of drug-likeness (QED) is 0.280. The van der Waals surface area contributed by atoms with Crippen molar-refractivity contribution in [2.45, 2.75) is 37.1 Å². The van der Waals surface area contributed by atoms with Crippen LogP contribution in [-0.2, 0) is 24.3 Å². The molecule has 1 amide bonds. The van der Waals surface area contributed by atoms with E-state index in [0.717, 1.165) is 19.3 Å². The fourth-order valence-electron chi connectivity index (χ4n) is 4.81. The van der Waals surface area contributed by atoms with E-state index >= 15 is 0 Å². The lowest BCUT2D eigenvalue weighted by molar-refractivity contribution is -0.140. The van der Waals surface area contributed by atoms with Crippen molar-refractivity contribution in [3.05, 3.63) is 59.2 Å². The highest BCUT2D eigenvalue weighted by Crippen LogP contribution is 2.41. The molecule has 2 aliphatic rings. The summed E-state index contributed by atoms with van der Waals surface area (Å²) in [6, 6.07) is 9.14. The summed E-state index contributed by atoms with van der Waals surface area (Å²) in [6.45, 7) is 3.21. The zero-order valence-electron chi connectivity index (χ0n) is 21.4. The summed E-state index contributed by atoms with van der Waals surface area (Å²) in [6.07, 6.45) is 2.61. The molecule has 11 heteroatoms. The van der Waals surface area contributed by atoms with Gasteiger partial charge in [-0.15, -0.1) is 0 Å². The number of sulfonamides is 1. The van der Waals surface area contributed by atoms with E-state index in [1.54, 1.807) is 13.0 Å². The van der Waals surface area contributed by atoms with Gasteiger partial charge in [0, 0.05) is 32.3 Å². The SMILES string of the molecule is CCOc1cc([C@@H]2C(=C(O)c3ccc(S(=O)(=O)N4CCCCC4)cc3)C(=O)C(=O)N2CCOC)ccc1O. The highest BCUT2D eigenvalue weighted by molar-refractivity contribution is 7.89.